The number of nitrogens with zero attached hydrogens (tertiary/aromatic N) is 1. The third-order valence-corrected chi connectivity index (χ3v) is 3.61. The highest BCUT2D eigenvalue weighted by Crippen LogP contribution is 2.28. The summed E-state index contributed by atoms with van der Waals surface area (Å²) in [7, 11) is 0. The summed E-state index contributed by atoms with van der Waals surface area (Å²) < 4.78 is 5.67. The van der Waals surface area contributed by atoms with E-state index in [9.17, 15) is 0 Å². The first-order chi connectivity index (χ1) is 8.61. The Morgan fingerprint density at radius 2 is 2.22 bits per heavy atom. The van der Waals surface area contributed by atoms with Crippen LogP contribution in [0.3, 0.4) is 0 Å². The summed E-state index contributed by atoms with van der Waals surface area (Å²) in [6.07, 6.45) is 1.12. The van der Waals surface area contributed by atoms with E-state index in [2.05, 4.69) is 24.8 Å². The number of anilines is 1. The van der Waals surface area contributed by atoms with Crippen LogP contribution >= 0.6 is 11.6 Å². The molecular weight excluding hydrogens is 248 g/mol. The molecule has 2 unspecified atom stereocenters. The maximum atomic E-state index is 6.07. The van der Waals surface area contributed by atoms with Gasteiger partial charge in [0.05, 0.1) is 12.7 Å². The molecule has 0 aromatic heterocycles. The van der Waals surface area contributed by atoms with Gasteiger partial charge in [0.1, 0.15) is 0 Å². The van der Waals surface area contributed by atoms with Gasteiger partial charge in [0, 0.05) is 23.3 Å². The van der Waals surface area contributed by atoms with Crippen LogP contribution in [0.2, 0.25) is 5.02 Å². The van der Waals surface area contributed by atoms with Gasteiger partial charge in [-0.05, 0) is 50.6 Å². The molecule has 2 rings (SSSR count). The molecule has 1 saturated heterocycles. The second-order valence-corrected chi connectivity index (χ2v) is 5.39. The van der Waals surface area contributed by atoms with Gasteiger partial charge in [-0.25, -0.2) is 0 Å². The monoisotopic (exact) mass is 268 g/mol. The van der Waals surface area contributed by atoms with Crippen LogP contribution in [0.1, 0.15) is 19.4 Å². The molecule has 1 aliphatic rings. The summed E-state index contributed by atoms with van der Waals surface area (Å²) in [5.74, 6) is 0. The van der Waals surface area contributed by atoms with Crippen LogP contribution in [0.15, 0.2) is 18.2 Å². The van der Waals surface area contributed by atoms with E-state index in [0.29, 0.717) is 12.6 Å². The SMILES string of the molecule is CC1CN(c2ccc(Cl)cc2CCN)C(C)CO1. The number of morpholine rings is 1. The van der Waals surface area contributed by atoms with Gasteiger partial charge in [-0.2, -0.15) is 0 Å². The second-order valence-electron chi connectivity index (χ2n) is 4.96. The minimum atomic E-state index is 0.266. The predicted octanol–water partition coefficient (Wildman–Crippen LogP) is 2.45. The van der Waals surface area contributed by atoms with Crippen molar-refractivity contribution in [3.05, 3.63) is 28.8 Å². The molecule has 18 heavy (non-hydrogen) atoms. The van der Waals surface area contributed by atoms with Crippen molar-refractivity contribution in [3.8, 4) is 0 Å². The van der Waals surface area contributed by atoms with Crippen molar-refractivity contribution in [1.29, 1.82) is 0 Å². The maximum absolute atomic E-state index is 6.07. The van der Waals surface area contributed by atoms with Crippen molar-refractivity contribution in [2.75, 3.05) is 24.6 Å². The third kappa shape index (κ3) is 2.97. The topological polar surface area (TPSA) is 38.5 Å². The molecular formula is C14H21ClN2O. The van der Waals surface area contributed by atoms with Crippen LogP contribution in [0, 0.1) is 0 Å². The van der Waals surface area contributed by atoms with Gasteiger partial charge < -0.3 is 15.4 Å². The Labute approximate surface area is 114 Å². The van der Waals surface area contributed by atoms with Gasteiger partial charge in [0.2, 0.25) is 0 Å². The Morgan fingerprint density at radius 3 is 2.94 bits per heavy atom. The Hall–Kier alpha value is -0.770. The third-order valence-electron chi connectivity index (χ3n) is 3.37. The normalized spacial score (nSPS) is 24.3. The van der Waals surface area contributed by atoms with E-state index < -0.39 is 0 Å². The first kappa shape index (κ1) is 13.7. The molecule has 0 saturated carbocycles. The zero-order valence-corrected chi connectivity index (χ0v) is 11.8. The number of ether oxygens (including phenoxy) is 1. The molecule has 0 spiro atoms. The van der Waals surface area contributed by atoms with Gasteiger partial charge in [-0.1, -0.05) is 11.6 Å². The van der Waals surface area contributed by atoms with E-state index in [4.69, 9.17) is 22.1 Å². The van der Waals surface area contributed by atoms with Gasteiger partial charge in [0.25, 0.3) is 0 Å². The molecule has 100 valence electrons. The fourth-order valence-corrected chi connectivity index (χ4v) is 2.62. The summed E-state index contributed by atoms with van der Waals surface area (Å²) in [4.78, 5) is 2.40. The molecule has 0 amide bonds. The highest BCUT2D eigenvalue weighted by Gasteiger charge is 2.25. The first-order valence-corrected chi connectivity index (χ1v) is 6.86. The van der Waals surface area contributed by atoms with Gasteiger partial charge >= 0.3 is 0 Å². The average Bonchev–Trinajstić information content (AvgIpc) is 2.33. The molecule has 1 aliphatic heterocycles. The lowest BCUT2D eigenvalue weighted by Crippen LogP contribution is -2.47. The molecule has 2 atom stereocenters. The summed E-state index contributed by atoms with van der Waals surface area (Å²) >= 11 is 6.07. The van der Waals surface area contributed by atoms with Crippen LogP contribution in [0.5, 0.6) is 0 Å². The Morgan fingerprint density at radius 1 is 1.44 bits per heavy atom. The van der Waals surface area contributed by atoms with Crippen molar-refractivity contribution in [2.24, 2.45) is 5.73 Å². The molecule has 4 heteroatoms. The largest absolute Gasteiger partial charge is 0.375 e. The Bertz CT molecular complexity index is 411. The highest BCUT2D eigenvalue weighted by molar-refractivity contribution is 6.30. The molecule has 3 nitrogen and oxygen atoms in total. The number of halogens is 1. The lowest BCUT2D eigenvalue weighted by molar-refractivity contribution is 0.0343. The number of benzene rings is 1. The minimum absolute atomic E-state index is 0.266. The zero-order chi connectivity index (χ0) is 13.1. The Kier molecular flexibility index (Phi) is 4.49. The van der Waals surface area contributed by atoms with Gasteiger partial charge in [-0.15, -0.1) is 0 Å². The van der Waals surface area contributed by atoms with E-state index in [-0.39, 0.29) is 6.10 Å². The van der Waals surface area contributed by atoms with Gasteiger partial charge in [0.15, 0.2) is 0 Å². The lowest BCUT2D eigenvalue weighted by Gasteiger charge is -2.39. The minimum Gasteiger partial charge on any atom is -0.375 e. The molecule has 0 bridgehead atoms. The molecule has 1 fully saturated rings. The van der Waals surface area contributed by atoms with Gasteiger partial charge in [-0.3, -0.25) is 0 Å². The standard InChI is InChI=1S/C14H21ClN2O/c1-10-9-18-11(2)8-17(10)14-4-3-13(15)7-12(14)5-6-16/h3-4,7,10-11H,5-6,8-9,16H2,1-2H3. The first-order valence-electron chi connectivity index (χ1n) is 6.48. The lowest BCUT2D eigenvalue weighted by atomic mass is 10.1. The van der Waals surface area contributed by atoms with E-state index in [0.717, 1.165) is 24.6 Å². The van der Waals surface area contributed by atoms with E-state index in [1.165, 1.54) is 11.3 Å². The number of hydrogen-bond donors (Lipinski definition) is 1. The number of rotatable bonds is 3. The fraction of sp³-hybridized carbons (Fsp3) is 0.571. The summed E-state index contributed by atoms with van der Waals surface area (Å²) in [6, 6.07) is 6.46. The zero-order valence-electron chi connectivity index (χ0n) is 11.0. The average molecular weight is 269 g/mol. The van der Waals surface area contributed by atoms with Crippen LogP contribution in [-0.2, 0) is 11.2 Å². The van der Waals surface area contributed by atoms with Crippen LogP contribution < -0.4 is 10.6 Å². The van der Waals surface area contributed by atoms with Crippen molar-refractivity contribution in [1.82, 2.24) is 0 Å². The highest BCUT2D eigenvalue weighted by atomic mass is 35.5. The molecule has 2 N–H and O–H groups in total. The summed E-state index contributed by atoms with van der Waals surface area (Å²) in [5.41, 5.74) is 8.16. The Balaban J connectivity index is 2.30. The molecule has 1 aromatic carbocycles. The fourth-order valence-electron chi connectivity index (χ4n) is 2.43. The molecule has 0 radical (unpaired) electrons. The quantitative estimate of drug-likeness (QED) is 0.915. The van der Waals surface area contributed by atoms with Crippen LogP contribution in [0.25, 0.3) is 0 Å². The molecule has 1 heterocycles. The molecule has 1 aromatic rings. The van der Waals surface area contributed by atoms with Crippen molar-refractivity contribution < 1.29 is 4.74 Å². The van der Waals surface area contributed by atoms with E-state index in [1.807, 2.05) is 12.1 Å². The van der Waals surface area contributed by atoms with Crippen LogP contribution in [-0.4, -0.2) is 31.8 Å². The van der Waals surface area contributed by atoms with Crippen molar-refractivity contribution in [3.63, 3.8) is 0 Å². The summed E-state index contributed by atoms with van der Waals surface area (Å²) in [5, 5.41) is 0.774. The second kappa shape index (κ2) is 5.91. The number of nitrogens with two attached hydrogens (primary N) is 1. The molecule has 0 aliphatic carbocycles. The van der Waals surface area contributed by atoms with Crippen LogP contribution in [0.4, 0.5) is 5.69 Å². The maximum Gasteiger partial charge on any atom is 0.0723 e. The van der Waals surface area contributed by atoms with E-state index >= 15 is 0 Å². The summed E-state index contributed by atoms with van der Waals surface area (Å²) in [6.45, 7) is 6.62. The predicted molar refractivity (Wildman–Crippen MR) is 76.4 cm³/mol. The van der Waals surface area contributed by atoms with Crippen molar-refractivity contribution in [2.45, 2.75) is 32.4 Å². The smallest absolute Gasteiger partial charge is 0.0723 e. The van der Waals surface area contributed by atoms with Crippen molar-refractivity contribution >= 4 is 17.3 Å². The van der Waals surface area contributed by atoms with E-state index in [1.54, 1.807) is 0 Å². The number of hydrogen-bond acceptors (Lipinski definition) is 3.